The van der Waals surface area contributed by atoms with E-state index < -0.39 is 0 Å². The Labute approximate surface area is 155 Å². The van der Waals surface area contributed by atoms with Gasteiger partial charge in [-0.25, -0.2) is 0 Å². The van der Waals surface area contributed by atoms with Crippen LogP contribution in [0.15, 0.2) is 54.7 Å². The predicted molar refractivity (Wildman–Crippen MR) is 108 cm³/mol. The molecule has 0 fully saturated rings. The molecule has 0 amide bonds. The number of hydrogen-bond donors (Lipinski definition) is 0. The number of aryl methyl sites for hydroxylation is 1. The standard InChI is InChI=1S/C24H36N/c1-2-3-4-5-6-7-8-9-10-14-19-24-20-15-16-21-25(24)22-23-17-12-11-13-18-23/h11-13,15-18,20-21H,2-10,14,19,22H2,1H3/q+1. The first-order valence-electron chi connectivity index (χ1n) is 10.4. The highest BCUT2D eigenvalue weighted by molar-refractivity contribution is 5.13. The molecule has 1 heterocycles. The fraction of sp³-hybridized carbons (Fsp3) is 0.542. The first-order valence-corrected chi connectivity index (χ1v) is 10.4. The van der Waals surface area contributed by atoms with Crippen LogP contribution in [0, 0.1) is 0 Å². The maximum Gasteiger partial charge on any atom is 0.181 e. The Morgan fingerprint density at radius 3 is 1.92 bits per heavy atom. The second-order valence-corrected chi connectivity index (χ2v) is 7.24. The van der Waals surface area contributed by atoms with Crippen molar-refractivity contribution < 1.29 is 4.57 Å². The Balaban J connectivity index is 1.63. The van der Waals surface area contributed by atoms with Gasteiger partial charge in [0.05, 0.1) is 0 Å². The van der Waals surface area contributed by atoms with Crippen LogP contribution in [-0.2, 0) is 13.0 Å². The van der Waals surface area contributed by atoms with Gasteiger partial charge in [-0.3, -0.25) is 0 Å². The van der Waals surface area contributed by atoms with Crippen LogP contribution in [-0.4, -0.2) is 0 Å². The Kier molecular flexibility index (Phi) is 10.00. The lowest BCUT2D eigenvalue weighted by Gasteiger charge is -2.05. The van der Waals surface area contributed by atoms with E-state index in [1.54, 1.807) is 0 Å². The summed E-state index contributed by atoms with van der Waals surface area (Å²) < 4.78 is 2.41. The van der Waals surface area contributed by atoms with Crippen LogP contribution in [0.3, 0.4) is 0 Å². The lowest BCUT2D eigenvalue weighted by molar-refractivity contribution is -0.695. The second kappa shape index (κ2) is 12.7. The molecular formula is C24H36N+. The van der Waals surface area contributed by atoms with E-state index in [4.69, 9.17) is 0 Å². The number of benzene rings is 1. The molecule has 0 aliphatic heterocycles. The fourth-order valence-electron chi connectivity index (χ4n) is 3.47. The molecular weight excluding hydrogens is 302 g/mol. The number of aromatic nitrogens is 1. The van der Waals surface area contributed by atoms with Crippen molar-refractivity contribution in [2.75, 3.05) is 0 Å². The van der Waals surface area contributed by atoms with Gasteiger partial charge in [-0.15, -0.1) is 0 Å². The number of unbranched alkanes of at least 4 members (excludes halogenated alkanes) is 9. The summed E-state index contributed by atoms with van der Waals surface area (Å²) in [6, 6.07) is 17.4. The molecule has 0 spiro atoms. The van der Waals surface area contributed by atoms with Crippen molar-refractivity contribution >= 4 is 0 Å². The van der Waals surface area contributed by atoms with Gasteiger partial charge in [0, 0.05) is 24.1 Å². The highest BCUT2D eigenvalue weighted by Gasteiger charge is 2.09. The lowest BCUT2D eigenvalue weighted by Crippen LogP contribution is -2.38. The van der Waals surface area contributed by atoms with Crippen LogP contribution in [0.4, 0.5) is 0 Å². The Morgan fingerprint density at radius 2 is 1.24 bits per heavy atom. The van der Waals surface area contributed by atoms with Crippen LogP contribution in [0.2, 0.25) is 0 Å². The van der Waals surface area contributed by atoms with E-state index in [1.807, 2.05) is 0 Å². The molecule has 0 aliphatic rings. The van der Waals surface area contributed by atoms with Crippen molar-refractivity contribution in [3.63, 3.8) is 0 Å². The minimum Gasteiger partial charge on any atom is -0.198 e. The highest BCUT2D eigenvalue weighted by Crippen LogP contribution is 2.11. The van der Waals surface area contributed by atoms with E-state index in [2.05, 4.69) is 66.2 Å². The third-order valence-corrected chi connectivity index (χ3v) is 5.02. The summed E-state index contributed by atoms with van der Waals surface area (Å²) in [4.78, 5) is 0. The molecule has 0 saturated heterocycles. The zero-order chi connectivity index (χ0) is 17.6. The molecule has 0 N–H and O–H groups in total. The molecule has 1 aromatic carbocycles. The number of nitrogens with zero attached hydrogens (tertiary/aromatic N) is 1. The van der Waals surface area contributed by atoms with Crippen molar-refractivity contribution in [2.45, 2.75) is 84.1 Å². The summed E-state index contributed by atoms with van der Waals surface area (Å²) in [5.74, 6) is 0. The molecule has 0 atom stereocenters. The zero-order valence-corrected chi connectivity index (χ0v) is 16.1. The maximum atomic E-state index is 2.41. The Morgan fingerprint density at radius 1 is 0.640 bits per heavy atom. The maximum absolute atomic E-state index is 2.41. The van der Waals surface area contributed by atoms with Gasteiger partial charge in [-0.1, -0.05) is 101 Å². The van der Waals surface area contributed by atoms with Crippen LogP contribution in [0.5, 0.6) is 0 Å². The van der Waals surface area contributed by atoms with E-state index >= 15 is 0 Å². The third kappa shape index (κ3) is 8.34. The molecule has 136 valence electrons. The van der Waals surface area contributed by atoms with Gasteiger partial charge in [0.2, 0.25) is 0 Å². The Bertz CT molecular complexity index is 561. The number of pyridine rings is 1. The van der Waals surface area contributed by atoms with Crippen LogP contribution < -0.4 is 4.57 Å². The molecule has 0 aliphatic carbocycles. The van der Waals surface area contributed by atoms with Crippen LogP contribution in [0.1, 0.15) is 82.4 Å². The minimum absolute atomic E-state index is 0.981. The smallest absolute Gasteiger partial charge is 0.181 e. The molecule has 0 bridgehead atoms. The Hall–Kier alpha value is -1.63. The minimum atomic E-state index is 0.981. The molecule has 2 rings (SSSR count). The average Bonchev–Trinajstić information content (AvgIpc) is 2.65. The molecule has 1 aromatic heterocycles. The molecule has 2 aromatic rings. The van der Waals surface area contributed by atoms with Gasteiger partial charge in [0.25, 0.3) is 0 Å². The van der Waals surface area contributed by atoms with Crippen molar-refractivity contribution in [1.82, 2.24) is 0 Å². The van der Waals surface area contributed by atoms with Crippen LogP contribution in [0.25, 0.3) is 0 Å². The summed E-state index contributed by atoms with van der Waals surface area (Å²) in [6.45, 7) is 3.27. The van der Waals surface area contributed by atoms with Gasteiger partial charge < -0.3 is 0 Å². The normalized spacial score (nSPS) is 10.9. The van der Waals surface area contributed by atoms with Gasteiger partial charge in [-0.2, -0.15) is 4.57 Å². The molecule has 0 radical (unpaired) electrons. The van der Waals surface area contributed by atoms with Gasteiger partial charge >= 0.3 is 0 Å². The highest BCUT2D eigenvalue weighted by atomic mass is 14.9. The monoisotopic (exact) mass is 338 g/mol. The topological polar surface area (TPSA) is 3.88 Å². The summed E-state index contributed by atoms with van der Waals surface area (Å²) >= 11 is 0. The van der Waals surface area contributed by atoms with Crippen molar-refractivity contribution in [3.05, 3.63) is 66.0 Å². The van der Waals surface area contributed by atoms with Gasteiger partial charge in [0.15, 0.2) is 18.4 Å². The number of rotatable bonds is 13. The van der Waals surface area contributed by atoms with Gasteiger partial charge in [0.1, 0.15) is 0 Å². The van der Waals surface area contributed by atoms with Crippen molar-refractivity contribution in [2.24, 2.45) is 0 Å². The first-order chi connectivity index (χ1) is 12.4. The van der Waals surface area contributed by atoms with Crippen molar-refractivity contribution in [3.8, 4) is 0 Å². The predicted octanol–water partition coefficient (Wildman–Crippen LogP) is 6.49. The molecule has 0 saturated carbocycles. The summed E-state index contributed by atoms with van der Waals surface area (Å²) in [7, 11) is 0. The van der Waals surface area contributed by atoms with E-state index in [1.165, 1.54) is 81.9 Å². The fourth-order valence-corrected chi connectivity index (χ4v) is 3.47. The zero-order valence-electron chi connectivity index (χ0n) is 16.1. The van der Waals surface area contributed by atoms with Gasteiger partial charge in [-0.05, 0) is 6.42 Å². The van der Waals surface area contributed by atoms with E-state index in [-0.39, 0.29) is 0 Å². The first kappa shape index (κ1) is 19.7. The lowest BCUT2D eigenvalue weighted by atomic mass is 10.0. The summed E-state index contributed by atoms with van der Waals surface area (Å²) in [6.07, 6.45) is 17.4. The van der Waals surface area contributed by atoms with Crippen LogP contribution >= 0.6 is 0 Å². The second-order valence-electron chi connectivity index (χ2n) is 7.24. The van der Waals surface area contributed by atoms with E-state index in [9.17, 15) is 0 Å². The van der Waals surface area contributed by atoms with E-state index in [0.29, 0.717) is 0 Å². The molecule has 25 heavy (non-hydrogen) atoms. The summed E-state index contributed by atoms with van der Waals surface area (Å²) in [5.41, 5.74) is 2.84. The molecule has 1 heteroatoms. The average molecular weight is 339 g/mol. The largest absolute Gasteiger partial charge is 0.198 e. The molecule has 1 nitrogen and oxygen atoms in total. The quantitative estimate of drug-likeness (QED) is 0.290. The van der Waals surface area contributed by atoms with Crippen molar-refractivity contribution in [1.29, 1.82) is 0 Å². The summed E-state index contributed by atoms with van der Waals surface area (Å²) in [5, 5.41) is 0. The number of hydrogen-bond acceptors (Lipinski definition) is 0. The van der Waals surface area contributed by atoms with E-state index in [0.717, 1.165) is 6.54 Å². The SMILES string of the molecule is CCCCCCCCCCCCc1cccc[n+]1Cc1ccccc1. The molecule has 0 unspecified atom stereocenters. The third-order valence-electron chi connectivity index (χ3n) is 5.02.